The number of amides is 1. The van der Waals surface area contributed by atoms with Crippen molar-refractivity contribution < 1.29 is 9.53 Å². The molecule has 3 rings (SSSR count). The molecule has 0 N–H and O–H groups in total. The predicted molar refractivity (Wildman–Crippen MR) is 96.6 cm³/mol. The van der Waals surface area contributed by atoms with Crippen molar-refractivity contribution in [1.29, 1.82) is 0 Å². The number of carbonyl (C=O) groups excluding carboxylic acids is 1. The molecule has 2 atom stereocenters. The van der Waals surface area contributed by atoms with Crippen molar-refractivity contribution >= 4 is 17.2 Å². The molecule has 1 saturated heterocycles. The number of likely N-dealkylation sites (tertiary alicyclic amines) is 1. The largest absolute Gasteiger partial charge is 0.372 e. The molecule has 1 aliphatic rings. The lowest BCUT2D eigenvalue weighted by Gasteiger charge is -2.16. The fraction of sp³-hybridized carbons (Fsp3) is 0.474. The van der Waals surface area contributed by atoms with E-state index < -0.39 is 0 Å². The van der Waals surface area contributed by atoms with Crippen molar-refractivity contribution in [2.75, 3.05) is 19.7 Å². The highest BCUT2D eigenvalue weighted by molar-refractivity contribution is 7.09. The van der Waals surface area contributed by atoms with Crippen LogP contribution in [-0.4, -0.2) is 35.5 Å². The van der Waals surface area contributed by atoms with Crippen LogP contribution in [0.3, 0.4) is 0 Å². The summed E-state index contributed by atoms with van der Waals surface area (Å²) in [6, 6.07) is 8.46. The minimum Gasteiger partial charge on any atom is -0.372 e. The number of thiazole rings is 1. The highest BCUT2D eigenvalue weighted by atomic mass is 32.1. The Kier molecular flexibility index (Phi) is 5.31. The van der Waals surface area contributed by atoms with Gasteiger partial charge in [-0.1, -0.05) is 24.3 Å². The minimum atomic E-state index is -0.0557. The summed E-state index contributed by atoms with van der Waals surface area (Å²) in [7, 11) is 0. The zero-order valence-electron chi connectivity index (χ0n) is 14.5. The Balaban J connectivity index is 1.68. The van der Waals surface area contributed by atoms with Gasteiger partial charge in [0, 0.05) is 31.0 Å². The van der Waals surface area contributed by atoms with Crippen LogP contribution in [0.25, 0.3) is 0 Å². The number of benzene rings is 1. The molecule has 1 aromatic carbocycles. The smallest absolute Gasteiger partial charge is 0.273 e. The number of rotatable bonds is 5. The molecular weight excluding hydrogens is 320 g/mol. The van der Waals surface area contributed by atoms with Gasteiger partial charge in [-0.2, -0.15) is 0 Å². The van der Waals surface area contributed by atoms with Crippen LogP contribution in [0.5, 0.6) is 0 Å². The standard InChI is InChI=1S/C19H24N2O2S/c1-4-23-14(3)18-20-17(12-24-18)19(22)21-10-9-15(11-21)16-8-6-5-7-13(16)2/h5-8,12,14-15H,4,9-11H2,1-3H3/t14-,15+/m1/s1. The van der Waals surface area contributed by atoms with Crippen LogP contribution in [-0.2, 0) is 4.74 Å². The van der Waals surface area contributed by atoms with E-state index in [9.17, 15) is 4.79 Å². The molecule has 0 bridgehead atoms. The van der Waals surface area contributed by atoms with Crippen molar-refractivity contribution in [2.24, 2.45) is 0 Å². The molecule has 0 unspecified atom stereocenters. The number of ether oxygens (including phenoxy) is 1. The molecule has 128 valence electrons. The van der Waals surface area contributed by atoms with Gasteiger partial charge >= 0.3 is 0 Å². The van der Waals surface area contributed by atoms with E-state index in [0.29, 0.717) is 18.2 Å². The maximum absolute atomic E-state index is 12.7. The van der Waals surface area contributed by atoms with E-state index in [0.717, 1.165) is 24.5 Å². The average Bonchev–Trinajstić information content (AvgIpc) is 3.25. The van der Waals surface area contributed by atoms with Crippen LogP contribution in [0.1, 0.15) is 58.9 Å². The third-order valence-corrected chi connectivity index (χ3v) is 5.62. The number of nitrogens with zero attached hydrogens (tertiary/aromatic N) is 2. The molecule has 2 aromatic rings. The first-order valence-electron chi connectivity index (χ1n) is 8.52. The number of hydrogen-bond acceptors (Lipinski definition) is 4. The second-order valence-corrected chi connectivity index (χ2v) is 7.15. The monoisotopic (exact) mass is 344 g/mol. The average molecular weight is 344 g/mol. The summed E-state index contributed by atoms with van der Waals surface area (Å²) in [5.74, 6) is 0.466. The summed E-state index contributed by atoms with van der Waals surface area (Å²) in [6.45, 7) is 8.30. The Morgan fingerprint density at radius 3 is 3.00 bits per heavy atom. The normalized spacial score (nSPS) is 18.8. The molecule has 0 spiro atoms. The lowest BCUT2D eigenvalue weighted by atomic mass is 9.94. The van der Waals surface area contributed by atoms with Crippen LogP contribution in [0.15, 0.2) is 29.6 Å². The molecule has 0 aliphatic carbocycles. The maximum atomic E-state index is 12.7. The van der Waals surface area contributed by atoms with Gasteiger partial charge in [0.25, 0.3) is 5.91 Å². The van der Waals surface area contributed by atoms with Gasteiger partial charge < -0.3 is 9.64 Å². The van der Waals surface area contributed by atoms with E-state index >= 15 is 0 Å². The molecule has 2 heterocycles. The van der Waals surface area contributed by atoms with Crippen molar-refractivity contribution in [3.8, 4) is 0 Å². The lowest BCUT2D eigenvalue weighted by molar-refractivity contribution is 0.0746. The lowest BCUT2D eigenvalue weighted by Crippen LogP contribution is -2.28. The fourth-order valence-corrected chi connectivity index (χ4v) is 4.10. The van der Waals surface area contributed by atoms with Gasteiger partial charge in [0.2, 0.25) is 0 Å². The minimum absolute atomic E-state index is 0.0392. The van der Waals surface area contributed by atoms with Gasteiger partial charge in [0.15, 0.2) is 0 Å². The van der Waals surface area contributed by atoms with E-state index in [2.05, 4.69) is 36.2 Å². The first-order chi connectivity index (χ1) is 11.6. The highest BCUT2D eigenvalue weighted by Crippen LogP contribution is 2.30. The van der Waals surface area contributed by atoms with Gasteiger partial charge in [0.05, 0.1) is 0 Å². The van der Waals surface area contributed by atoms with Gasteiger partial charge in [0.1, 0.15) is 16.8 Å². The topological polar surface area (TPSA) is 42.4 Å². The van der Waals surface area contributed by atoms with Crippen molar-refractivity contribution in [3.63, 3.8) is 0 Å². The fourth-order valence-electron chi connectivity index (χ4n) is 3.30. The van der Waals surface area contributed by atoms with E-state index in [1.807, 2.05) is 24.1 Å². The quantitative estimate of drug-likeness (QED) is 0.817. The summed E-state index contributed by atoms with van der Waals surface area (Å²) in [5.41, 5.74) is 3.21. The number of carbonyl (C=O) groups is 1. The Hall–Kier alpha value is -1.72. The van der Waals surface area contributed by atoms with Crippen LogP contribution in [0, 0.1) is 6.92 Å². The molecule has 5 heteroatoms. The maximum Gasteiger partial charge on any atom is 0.273 e. The Morgan fingerprint density at radius 1 is 1.46 bits per heavy atom. The van der Waals surface area contributed by atoms with Gasteiger partial charge in [-0.25, -0.2) is 4.98 Å². The summed E-state index contributed by atoms with van der Waals surface area (Å²) in [4.78, 5) is 19.2. The summed E-state index contributed by atoms with van der Waals surface area (Å²) < 4.78 is 5.56. The third-order valence-electron chi connectivity index (χ3n) is 4.61. The second-order valence-electron chi connectivity index (χ2n) is 6.26. The van der Waals surface area contributed by atoms with Crippen LogP contribution < -0.4 is 0 Å². The van der Waals surface area contributed by atoms with Crippen molar-refractivity contribution in [2.45, 2.75) is 39.2 Å². The van der Waals surface area contributed by atoms with Crippen LogP contribution in [0.2, 0.25) is 0 Å². The molecule has 0 radical (unpaired) electrons. The van der Waals surface area contributed by atoms with Crippen molar-refractivity contribution in [1.82, 2.24) is 9.88 Å². The number of aromatic nitrogens is 1. The molecule has 1 aliphatic heterocycles. The summed E-state index contributed by atoms with van der Waals surface area (Å²) in [6.07, 6.45) is 0.961. The van der Waals surface area contributed by atoms with E-state index in [-0.39, 0.29) is 12.0 Å². The first-order valence-corrected chi connectivity index (χ1v) is 9.40. The molecule has 1 fully saturated rings. The molecule has 1 aromatic heterocycles. The van der Waals surface area contributed by atoms with Gasteiger partial charge in [-0.3, -0.25) is 4.79 Å². The molecule has 1 amide bonds. The number of aryl methyl sites for hydroxylation is 1. The van der Waals surface area contributed by atoms with Crippen molar-refractivity contribution in [3.05, 3.63) is 51.5 Å². The molecule has 24 heavy (non-hydrogen) atoms. The zero-order chi connectivity index (χ0) is 17.1. The van der Waals surface area contributed by atoms with E-state index in [1.54, 1.807) is 0 Å². The number of hydrogen-bond donors (Lipinski definition) is 0. The molecular formula is C19H24N2O2S. The Bertz CT molecular complexity index is 713. The second kappa shape index (κ2) is 7.45. The SMILES string of the molecule is CCO[C@H](C)c1nc(C(=O)N2CC[C@H](c3ccccc3C)C2)cs1. The van der Waals surface area contributed by atoms with Crippen LogP contribution in [0.4, 0.5) is 0 Å². The Morgan fingerprint density at radius 2 is 2.25 bits per heavy atom. The highest BCUT2D eigenvalue weighted by Gasteiger charge is 2.30. The first kappa shape index (κ1) is 17.1. The van der Waals surface area contributed by atoms with E-state index in [4.69, 9.17) is 4.74 Å². The van der Waals surface area contributed by atoms with Gasteiger partial charge in [-0.05, 0) is 38.3 Å². The van der Waals surface area contributed by atoms with Crippen LogP contribution >= 0.6 is 11.3 Å². The molecule has 4 nitrogen and oxygen atoms in total. The predicted octanol–water partition coefficient (Wildman–Crippen LogP) is 4.18. The zero-order valence-corrected chi connectivity index (χ0v) is 15.3. The summed E-state index contributed by atoms with van der Waals surface area (Å²) in [5, 5.41) is 2.73. The summed E-state index contributed by atoms with van der Waals surface area (Å²) >= 11 is 1.50. The van der Waals surface area contributed by atoms with Gasteiger partial charge in [-0.15, -0.1) is 11.3 Å². The molecule has 0 saturated carbocycles. The Labute approximate surface area is 147 Å². The van der Waals surface area contributed by atoms with E-state index in [1.165, 1.54) is 22.5 Å². The third kappa shape index (κ3) is 3.52.